The van der Waals surface area contributed by atoms with Gasteiger partial charge in [-0.2, -0.15) is 8.42 Å². The van der Waals surface area contributed by atoms with Crippen LogP contribution in [0.25, 0.3) is 0 Å². The Labute approximate surface area is 97.6 Å². The molecular weight excluding hydrogens is 248 g/mol. The van der Waals surface area contributed by atoms with E-state index in [1.807, 2.05) is 0 Å². The molecule has 2 N–H and O–H groups in total. The van der Waals surface area contributed by atoms with E-state index in [2.05, 4.69) is 0 Å². The minimum atomic E-state index is -4.64. The van der Waals surface area contributed by atoms with Crippen LogP contribution < -0.4 is 0 Å². The number of rotatable bonds is 3. The van der Waals surface area contributed by atoms with E-state index < -0.39 is 33.6 Å². The normalized spacial score (nSPS) is 17.9. The van der Waals surface area contributed by atoms with Gasteiger partial charge >= 0.3 is 5.97 Å². The molecule has 1 atom stereocenters. The van der Waals surface area contributed by atoms with Crippen molar-refractivity contribution in [3.05, 3.63) is 0 Å². The molecule has 0 saturated carbocycles. The van der Waals surface area contributed by atoms with Gasteiger partial charge in [0.1, 0.15) is 0 Å². The lowest BCUT2D eigenvalue weighted by atomic mass is 10.2. The summed E-state index contributed by atoms with van der Waals surface area (Å²) in [4.78, 5) is 11.3. The van der Waals surface area contributed by atoms with Gasteiger partial charge in [0.2, 0.25) is 0 Å². The van der Waals surface area contributed by atoms with Crippen molar-refractivity contribution in [3.63, 3.8) is 0 Å². The van der Waals surface area contributed by atoms with E-state index in [-0.39, 0.29) is 0 Å². The third-order valence-corrected chi connectivity index (χ3v) is 13.9. The highest BCUT2D eigenvalue weighted by Gasteiger charge is 2.62. The van der Waals surface area contributed by atoms with Crippen LogP contribution in [0.2, 0.25) is 18.1 Å². The molecule has 0 aromatic heterocycles. The summed E-state index contributed by atoms with van der Waals surface area (Å²) in [5.41, 5.74) is 0. The monoisotopic (exact) mass is 268 g/mol. The lowest BCUT2D eigenvalue weighted by Gasteiger charge is -2.45. The second-order valence-corrected chi connectivity index (χ2v) is 13.6. The number of hydrogen-bond acceptors (Lipinski definition) is 3. The first-order valence-electron chi connectivity index (χ1n) is 4.90. The summed E-state index contributed by atoms with van der Waals surface area (Å²) in [6.07, 6.45) is 0. The van der Waals surface area contributed by atoms with Crippen molar-refractivity contribution >= 4 is 24.2 Å². The lowest BCUT2D eigenvalue weighted by Crippen LogP contribution is -2.66. The van der Waals surface area contributed by atoms with E-state index >= 15 is 0 Å². The highest BCUT2D eigenvalue weighted by Crippen LogP contribution is 2.45. The predicted octanol–water partition coefficient (Wildman–Crippen LogP) is 1.77. The minimum absolute atomic E-state index is 0.462. The van der Waals surface area contributed by atoms with E-state index in [0.717, 1.165) is 6.92 Å². The van der Waals surface area contributed by atoms with Crippen molar-refractivity contribution in [2.45, 2.75) is 50.2 Å². The Morgan fingerprint density at radius 3 is 1.50 bits per heavy atom. The quantitative estimate of drug-likeness (QED) is 0.601. The Kier molecular flexibility index (Phi) is 3.72. The summed E-state index contributed by atoms with van der Waals surface area (Å²) in [6, 6.07) is 0. The largest absolute Gasteiger partial charge is 0.480 e. The number of carboxylic acid groups (broad SMARTS) is 1. The van der Waals surface area contributed by atoms with Crippen molar-refractivity contribution in [2.24, 2.45) is 0 Å². The maximum absolute atomic E-state index is 11.4. The maximum atomic E-state index is 11.4. The van der Waals surface area contributed by atoms with Gasteiger partial charge in [0.15, 0.2) is 4.37 Å². The van der Waals surface area contributed by atoms with Gasteiger partial charge in [-0.15, -0.1) is 0 Å². The Hall–Kier alpha value is -0.403. The fourth-order valence-electron chi connectivity index (χ4n) is 1.42. The fourth-order valence-corrected chi connectivity index (χ4v) is 7.10. The van der Waals surface area contributed by atoms with Crippen LogP contribution in [0.15, 0.2) is 0 Å². The third kappa shape index (κ3) is 2.03. The molecule has 0 saturated heterocycles. The molecule has 7 heteroatoms. The smallest absolute Gasteiger partial charge is 0.324 e. The third-order valence-electron chi connectivity index (χ3n) is 3.99. The molecule has 0 bridgehead atoms. The molecule has 96 valence electrons. The Balaban J connectivity index is 6.07. The zero-order valence-electron chi connectivity index (χ0n) is 10.5. The SMILES string of the molecule is CC(C)(C)[Si](C)(C)C(C)(C(=O)O)S(=O)(=O)O. The fraction of sp³-hybridized carbons (Fsp3) is 0.889. The highest BCUT2D eigenvalue weighted by molar-refractivity contribution is 7.90. The predicted molar refractivity (Wildman–Crippen MR) is 64.8 cm³/mol. The summed E-state index contributed by atoms with van der Waals surface area (Å²) in [7, 11) is -7.44. The van der Waals surface area contributed by atoms with Crippen molar-refractivity contribution in [1.82, 2.24) is 0 Å². The van der Waals surface area contributed by atoms with Crippen LogP contribution in [0.3, 0.4) is 0 Å². The molecule has 0 aromatic carbocycles. The van der Waals surface area contributed by atoms with Gasteiger partial charge in [0.05, 0.1) is 8.07 Å². The number of carboxylic acids is 1. The first-order valence-corrected chi connectivity index (χ1v) is 9.34. The van der Waals surface area contributed by atoms with Crippen LogP contribution in [0.4, 0.5) is 0 Å². The molecule has 0 aromatic rings. The summed E-state index contributed by atoms with van der Waals surface area (Å²) in [5, 5.41) is 8.70. The number of hydrogen-bond donors (Lipinski definition) is 2. The summed E-state index contributed by atoms with van der Waals surface area (Å²) >= 11 is 0. The van der Waals surface area contributed by atoms with Crippen LogP contribution >= 0.6 is 0 Å². The molecule has 0 radical (unpaired) electrons. The van der Waals surface area contributed by atoms with Crippen LogP contribution in [-0.4, -0.2) is 36.5 Å². The highest BCUT2D eigenvalue weighted by atomic mass is 32.2. The summed E-state index contributed by atoms with van der Waals surface area (Å²) in [5.74, 6) is -1.48. The van der Waals surface area contributed by atoms with Crippen LogP contribution in [0.1, 0.15) is 27.7 Å². The van der Waals surface area contributed by atoms with Gasteiger partial charge in [-0.25, -0.2) is 0 Å². The van der Waals surface area contributed by atoms with Gasteiger partial charge in [-0.3, -0.25) is 9.35 Å². The van der Waals surface area contributed by atoms with Crippen molar-refractivity contribution < 1.29 is 22.9 Å². The molecule has 0 amide bonds. The zero-order chi connectivity index (χ0) is 13.6. The average Bonchev–Trinajstić information content (AvgIpc) is 1.97. The van der Waals surface area contributed by atoms with Gasteiger partial charge < -0.3 is 5.11 Å². The van der Waals surface area contributed by atoms with E-state index in [9.17, 15) is 17.8 Å². The van der Waals surface area contributed by atoms with E-state index in [1.165, 1.54) is 0 Å². The molecule has 5 nitrogen and oxygen atoms in total. The number of aliphatic carboxylic acids is 1. The molecular formula is C9H20O5SSi. The maximum Gasteiger partial charge on any atom is 0.324 e. The van der Waals surface area contributed by atoms with Gasteiger partial charge in [-0.05, 0) is 12.0 Å². The van der Waals surface area contributed by atoms with Crippen molar-refractivity contribution in [2.75, 3.05) is 0 Å². The molecule has 0 aliphatic rings. The van der Waals surface area contributed by atoms with Gasteiger partial charge in [-0.1, -0.05) is 33.9 Å². The molecule has 0 rings (SSSR count). The molecule has 1 unspecified atom stereocenters. The lowest BCUT2D eigenvalue weighted by molar-refractivity contribution is -0.137. The van der Waals surface area contributed by atoms with E-state index in [4.69, 9.17) is 5.11 Å². The van der Waals surface area contributed by atoms with Gasteiger partial charge in [0.25, 0.3) is 10.1 Å². The summed E-state index contributed by atoms with van der Waals surface area (Å²) in [6.45, 7) is 9.81. The molecule has 0 fully saturated rings. The minimum Gasteiger partial charge on any atom is -0.480 e. The second-order valence-electron chi connectivity index (χ2n) is 5.69. The van der Waals surface area contributed by atoms with Gasteiger partial charge in [0, 0.05) is 0 Å². The number of carbonyl (C=O) groups is 1. The zero-order valence-corrected chi connectivity index (χ0v) is 12.3. The first-order chi connectivity index (χ1) is 6.69. The topological polar surface area (TPSA) is 91.7 Å². The van der Waals surface area contributed by atoms with Crippen molar-refractivity contribution in [3.8, 4) is 0 Å². The first kappa shape index (κ1) is 15.6. The molecule has 0 aliphatic heterocycles. The molecule has 0 heterocycles. The van der Waals surface area contributed by atoms with Crippen LogP contribution in [0, 0.1) is 0 Å². The molecule has 16 heavy (non-hydrogen) atoms. The average molecular weight is 268 g/mol. The molecule has 0 spiro atoms. The Morgan fingerprint density at radius 2 is 1.44 bits per heavy atom. The van der Waals surface area contributed by atoms with Crippen LogP contribution in [-0.2, 0) is 14.9 Å². The van der Waals surface area contributed by atoms with Crippen molar-refractivity contribution in [1.29, 1.82) is 0 Å². The Bertz CT molecular complexity index is 393. The second kappa shape index (κ2) is 3.81. The summed E-state index contributed by atoms with van der Waals surface area (Å²) < 4.78 is 29.9. The van der Waals surface area contributed by atoms with Crippen LogP contribution in [0.5, 0.6) is 0 Å². The standard InChI is InChI=1S/C9H20O5SSi/c1-8(2,3)16(5,6)9(4,7(10)11)15(12,13)14/h1-6H3,(H,10,11)(H,12,13,14). The van der Waals surface area contributed by atoms with E-state index in [1.54, 1.807) is 33.9 Å². The Morgan fingerprint density at radius 1 is 1.12 bits per heavy atom. The molecule has 0 aliphatic carbocycles. The van der Waals surface area contributed by atoms with E-state index in [0.29, 0.717) is 0 Å².